The van der Waals surface area contributed by atoms with Crippen LogP contribution in [0.15, 0.2) is 36.7 Å². The molecule has 2 rings (SSSR count). The van der Waals surface area contributed by atoms with Crippen LogP contribution in [0.1, 0.15) is 31.0 Å². The van der Waals surface area contributed by atoms with Crippen LogP contribution in [-0.2, 0) is 6.42 Å². The summed E-state index contributed by atoms with van der Waals surface area (Å²) < 4.78 is 13.9. The fourth-order valence-electron chi connectivity index (χ4n) is 1.93. The van der Waals surface area contributed by atoms with Crippen LogP contribution in [0.5, 0.6) is 0 Å². The second kappa shape index (κ2) is 6.27. The van der Waals surface area contributed by atoms with Crippen LogP contribution in [0, 0.1) is 5.82 Å². The number of anilines is 1. The van der Waals surface area contributed by atoms with Crippen LogP contribution in [0.3, 0.4) is 0 Å². The monoisotopic (exact) mass is 259 g/mol. The summed E-state index contributed by atoms with van der Waals surface area (Å²) in [7, 11) is 0. The molecule has 1 heterocycles. The summed E-state index contributed by atoms with van der Waals surface area (Å²) in [4.78, 5) is 7.87. The molecule has 1 aromatic heterocycles. The maximum atomic E-state index is 13.9. The summed E-state index contributed by atoms with van der Waals surface area (Å²) >= 11 is 0. The van der Waals surface area contributed by atoms with Crippen molar-refractivity contribution < 1.29 is 4.39 Å². The van der Waals surface area contributed by atoms with Gasteiger partial charge in [-0.3, -0.25) is 0 Å². The van der Waals surface area contributed by atoms with Gasteiger partial charge in [0.05, 0.1) is 5.69 Å². The van der Waals surface area contributed by atoms with Gasteiger partial charge in [0.15, 0.2) is 11.6 Å². The largest absolute Gasteiger partial charge is 0.367 e. The normalized spacial score (nSPS) is 12.2. The lowest BCUT2D eigenvalue weighted by atomic mass is 10.0. The van der Waals surface area contributed by atoms with E-state index in [2.05, 4.69) is 34.3 Å². The zero-order valence-corrected chi connectivity index (χ0v) is 11.2. The maximum Gasteiger partial charge on any atom is 0.186 e. The Kier molecular flexibility index (Phi) is 4.44. The van der Waals surface area contributed by atoms with E-state index >= 15 is 0 Å². The molecular formula is C15H18FN3. The Balaban J connectivity index is 2.03. The molecule has 0 aliphatic carbocycles. The summed E-state index contributed by atoms with van der Waals surface area (Å²) in [5.74, 6) is 0.237. The van der Waals surface area contributed by atoms with E-state index in [-0.39, 0.29) is 11.6 Å². The highest BCUT2D eigenvalue weighted by Gasteiger charge is 2.11. The van der Waals surface area contributed by atoms with Crippen molar-refractivity contribution in [3.63, 3.8) is 0 Å². The molecule has 0 aliphatic rings. The predicted octanol–water partition coefficient (Wildman–Crippen LogP) is 3.39. The standard InChI is InChI=1S/C15H18FN3/c1-3-13-14(16)15(19-10-18-13)17-9-11(2)12-7-5-4-6-8-12/h4-8,10-11H,3,9H2,1-2H3,(H,17,18,19). The van der Waals surface area contributed by atoms with Gasteiger partial charge >= 0.3 is 0 Å². The molecule has 3 nitrogen and oxygen atoms in total. The van der Waals surface area contributed by atoms with Gasteiger partial charge in [-0.2, -0.15) is 0 Å². The van der Waals surface area contributed by atoms with Crippen LogP contribution >= 0.6 is 0 Å². The number of benzene rings is 1. The minimum absolute atomic E-state index is 0.287. The second-order valence-corrected chi connectivity index (χ2v) is 4.53. The maximum absolute atomic E-state index is 13.9. The van der Waals surface area contributed by atoms with E-state index in [9.17, 15) is 4.39 Å². The molecule has 0 saturated heterocycles. The SMILES string of the molecule is CCc1ncnc(NCC(C)c2ccccc2)c1F. The highest BCUT2D eigenvalue weighted by atomic mass is 19.1. The van der Waals surface area contributed by atoms with Gasteiger partial charge in [0.2, 0.25) is 0 Å². The summed E-state index contributed by atoms with van der Waals surface area (Å²) in [6.45, 7) is 4.62. The third-order valence-corrected chi connectivity index (χ3v) is 3.14. The van der Waals surface area contributed by atoms with Gasteiger partial charge in [0, 0.05) is 6.54 Å². The van der Waals surface area contributed by atoms with Crippen LogP contribution in [0.4, 0.5) is 10.2 Å². The van der Waals surface area contributed by atoms with Crippen LogP contribution in [-0.4, -0.2) is 16.5 Å². The molecule has 0 fully saturated rings. The number of hydrogen-bond donors (Lipinski definition) is 1. The summed E-state index contributed by atoms with van der Waals surface area (Å²) in [5, 5.41) is 3.06. The molecule has 19 heavy (non-hydrogen) atoms. The Bertz CT molecular complexity index is 528. The molecule has 0 saturated carbocycles. The first-order chi connectivity index (χ1) is 9.22. The Hall–Kier alpha value is -1.97. The fraction of sp³-hybridized carbons (Fsp3) is 0.333. The van der Waals surface area contributed by atoms with E-state index in [4.69, 9.17) is 0 Å². The molecule has 1 N–H and O–H groups in total. The number of halogens is 1. The van der Waals surface area contributed by atoms with Crippen molar-refractivity contribution in [2.45, 2.75) is 26.2 Å². The van der Waals surface area contributed by atoms with E-state index in [1.54, 1.807) is 0 Å². The Labute approximate surface area is 112 Å². The first-order valence-electron chi connectivity index (χ1n) is 6.50. The Morgan fingerprint density at radius 1 is 1.21 bits per heavy atom. The molecule has 1 unspecified atom stereocenters. The highest BCUT2D eigenvalue weighted by Crippen LogP contribution is 2.17. The number of nitrogens with zero attached hydrogens (tertiary/aromatic N) is 2. The molecule has 1 atom stereocenters. The smallest absolute Gasteiger partial charge is 0.186 e. The summed E-state index contributed by atoms with van der Waals surface area (Å²) in [6.07, 6.45) is 1.97. The predicted molar refractivity (Wildman–Crippen MR) is 74.7 cm³/mol. The molecule has 0 amide bonds. The Morgan fingerprint density at radius 3 is 2.63 bits per heavy atom. The zero-order chi connectivity index (χ0) is 13.7. The third kappa shape index (κ3) is 3.28. The van der Waals surface area contributed by atoms with Crippen molar-refractivity contribution in [3.05, 3.63) is 53.7 Å². The summed E-state index contributed by atoms with van der Waals surface area (Å²) in [6, 6.07) is 10.1. The van der Waals surface area contributed by atoms with Gasteiger partial charge in [-0.1, -0.05) is 44.2 Å². The third-order valence-electron chi connectivity index (χ3n) is 3.14. The Morgan fingerprint density at radius 2 is 1.95 bits per heavy atom. The van der Waals surface area contributed by atoms with E-state index in [1.165, 1.54) is 11.9 Å². The average molecular weight is 259 g/mol. The lowest BCUT2D eigenvalue weighted by Gasteiger charge is -2.14. The van der Waals surface area contributed by atoms with Gasteiger partial charge in [-0.15, -0.1) is 0 Å². The van der Waals surface area contributed by atoms with Gasteiger partial charge < -0.3 is 5.32 Å². The molecule has 0 bridgehead atoms. The quantitative estimate of drug-likeness (QED) is 0.894. The molecule has 1 aromatic carbocycles. The number of aryl methyl sites for hydroxylation is 1. The molecule has 100 valence electrons. The van der Waals surface area contributed by atoms with Gasteiger partial charge in [0.25, 0.3) is 0 Å². The second-order valence-electron chi connectivity index (χ2n) is 4.53. The van der Waals surface area contributed by atoms with Crippen LogP contribution in [0.25, 0.3) is 0 Å². The fourth-order valence-corrected chi connectivity index (χ4v) is 1.93. The van der Waals surface area contributed by atoms with Crippen molar-refractivity contribution in [3.8, 4) is 0 Å². The number of aromatic nitrogens is 2. The van der Waals surface area contributed by atoms with Crippen molar-refractivity contribution in [2.24, 2.45) is 0 Å². The first kappa shape index (κ1) is 13.5. The lowest BCUT2D eigenvalue weighted by Crippen LogP contribution is -2.13. The molecule has 0 spiro atoms. The molecular weight excluding hydrogens is 241 g/mol. The molecule has 0 aliphatic heterocycles. The molecule has 2 aromatic rings. The van der Waals surface area contributed by atoms with Crippen molar-refractivity contribution in [1.29, 1.82) is 0 Å². The minimum Gasteiger partial charge on any atom is -0.367 e. The van der Waals surface area contributed by atoms with Gasteiger partial charge in [-0.05, 0) is 17.9 Å². The van der Waals surface area contributed by atoms with E-state index in [1.807, 2.05) is 25.1 Å². The molecule has 0 radical (unpaired) electrons. The number of nitrogens with one attached hydrogen (secondary N) is 1. The van der Waals surface area contributed by atoms with E-state index < -0.39 is 0 Å². The highest BCUT2D eigenvalue weighted by molar-refractivity contribution is 5.38. The topological polar surface area (TPSA) is 37.8 Å². The first-order valence-corrected chi connectivity index (χ1v) is 6.50. The van der Waals surface area contributed by atoms with Crippen LogP contribution in [0.2, 0.25) is 0 Å². The number of rotatable bonds is 5. The summed E-state index contributed by atoms with van der Waals surface area (Å²) in [5.41, 5.74) is 1.67. The van der Waals surface area contributed by atoms with Crippen molar-refractivity contribution >= 4 is 5.82 Å². The van der Waals surface area contributed by atoms with Crippen molar-refractivity contribution in [1.82, 2.24) is 9.97 Å². The molecule has 4 heteroatoms. The lowest BCUT2D eigenvalue weighted by molar-refractivity contribution is 0.595. The minimum atomic E-state index is -0.342. The zero-order valence-electron chi connectivity index (χ0n) is 11.2. The van der Waals surface area contributed by atoms with E-state index in [0.29, 0.717) is 24.6 Å². The van der Waals surface area contributed by atoms with Gasteiger partial charge in [0.1, 0.15) is 6.33 Å². The van der Waals surface area contributed by atoms with Crippen LogP contribution < -0.4 is 5.32 Å². The van der Waals surface area contributed by atoms with Gasteiger partial charge in [-0.25, -0.2) is 14.4 Å². The average Bonchev–Trinajstić information content (AvgIpc) is 2.47. The van der Waals surface area contributed by atoms with Crippen molar-refractivity contribution in [2.75, 3.05) is 11.9 Å². The van der Waals surface area contributed by atoms with E-state index in [0.717, 1.165) is 0 Å². The number of hydrogen-bond acceptors (Lipinski definition) is 3.